The lowest BCUT2D eigenvalue weighted by molar-refractivity contribution is 0.238. The highest BCUT2D eigenvalue weighted by Crippen LogP contribution is 2.32. The molecule has 0 nitrogen and oxygen atoms in total. The molecule has 0 aromatic heterocycles. The summed E-state index contributed by atoms with van der Waals surface area (Å²) in [6, 6.07) is 0. The van der Waals surface area contributed by atoms with Crippen molar-refractivity contribution < 1.29 is 0 Å². The molecule has 0 spiro atoms. The van der Waals surface area contributed by atoms with Gasteiger partial charge in [-0.15, -0.1) is 0 Å². The average Bonchev–Trinajstić information content (AvgIpc) is 2.15. The van der Waals surface area contributed by atoms with Gasteiger partial charge in [-0.3, -0.25) is 0 Å². The van der Waals surface area contributed by atoms with Gasteiger partial charge in [0.2, 0.25) is 0 Å². The number of hydrogen-bond donors (Lipinski definition) is 0. The highest BCUT2D eigenvalue weighted by molar-refractivity contribution is 4.78. The second kappa shape index (κ2) is 6.23. The van der Waals surface area contributed by atoms with Crippen molar-refractivity contribution >= 4 is 0 Å². The van der Waals surface area contributed by atoms with Gasteiger partial charge in [0.25, 0.3) is 0 Å². The van der Waals surface area contributed by atoms with Crippen LogP contribution in [0.25, 0.3) is 0 Å². The maximum absolute atomic E-state index is 2.44. The van der Waals surface area contributed by atoms with Gasteiger partial charge in [-0.25, -0.2) is 0 Å². The Hall–Kier alpha value is -0.260. The van der Waals surface area contributed by atoms with Gasteiger partial charge in [0.05, 0.1) is 0 Å². The molecule has 13 heavy (non-hydrogen) atoms. The molecule has 0 aliphatic heterocycles. The topological polar surface area (TPSA) is 0 Å². The zero-order valence-corrected chi connectivity index (χ0v) is 9.26. The summed E-state index contributed by atoms with van der Waals surface area (Å²) in [7, 11) is 0. The molecule has 1 saturated carbocycles. The lowest BCUT2D eigenvalue weighted by Crippen LogP contribution is -2.16. The molecule has 0 saturated heterocycles. The fourth-order valence-electron chi connectivity index (χ4n) is 2.49. The third-order valence-electron chi connectivity index (χ3n) is 3.47. The number of hydrogen-bond acceptors (Lipinski definition) is 0. The van der Waals surface area contributed by atoms with Gasteiger partial charge in [-0.05, 0) is 38.0 Å². The molecule has 0 N–H and O–H groups in total. The number of allylic oxidation sites excluding steroid dienone is 2. The van der Waals surface area contributed by atoms with E-state index in [-0.39, 0.29) is 0 Å². The van der Waals surface area contributed by atoms with Gasteiger partial charge < -0.3 is 0 Å². The largest absolute Gasteiger partial charge is 0.0917 e. The molecule has 1 rings (SSSR count). The maximum atomic E-state index is 2.44. The second-order valence-electron chi connectivity index (χ2n) is 4.52. The first-order valence-corrected chi connectivity index (χ1v) is 5.95. The van der Waals surface area contributed by atoms with E-state index in [4.69, 9.17) is 0 Å². The van der Waals surface area contributed by atoms with Crippen molar-refractivity contribution in [3.05, 3.63) is 12.2 Å². The summed E-state index contributed by atoms with van der Waals surface area (Å²) < 4.78 is 0. The van der Waals surface area contributed by atoms with Crippen molar-refractivity contribution in [3.63, 3.8) is 0 Å². The van der Waals surface area contributed by atoms with Crippen molar-refractivity contribution in [1.29, 1.82) is 0 Å². The Morgan fingerprint density at radius 2 is 2.00 bits per heavy atom. The third kappa shape index (κ3) is 3.97. The second-order valence-corrected chi connectivity index (χ2v) is 4.52. The highest BCUT2D eigenvalue weighted by Gasteiger charge is 2.19. The maximum Gasteiger partial charge on any atom is -0.0351 e. The standard InChI is InChI=1S/C13H24/c1-3-4-5-6-10-13-11-8-7-9-12(13)2/h3-4,12-13H,5-11H2,1-2H3/b4-3+. The highest BCUT2D eigenvalue weighted by atomic mass is 14.3. The molecule has 1 aliphatic carbocycles. The van der Waals surface area contributed by atoms with Crippen LogP contribution in [0.1, 0.15) is 58.8 Å². The Bertz CT molecular complexity index is 146. The lowest BCUT2D eigenvalue weighted by atomic mass is 9.78. The summed E-state index contributed by atoms with van der Waals surface area (Å²) in [6.45, 7) is 4.56. The van der Waals surface area contributed by atoms with Crippen LogP contribution in [0.4, 0.5) is 0 Å². The van der Waals surface area contributed by atoms with Crippen LogP contribution in [-0.2, 0) is 0 Å². The number of unbranched alkanes of at least 4 members (excludes halogenated alkanes) is 1. The number of rotatable bonds is 4. The zero-order chi connectivity index (χ0) is 9.52. The Balaban J connectivity index is 2.11. The summed E-state index contributed by atoms with van der Waals surface area (Å²) >= 11 is 0. The van der Waals surface area contributed by atoms with Crippen LogP contribution in [0, 0.1) is 11.8 Å². The smallest absolute Gasteiger partial charge is 0.0351 e. The molecule has 2 atom stereocenters. The van der Waals surface area contributed by atoms with Crippen LogP contribution >= 0.6 is 0 Å². The van der Waals surface area contributed by atoms with E-state index in [0.29, 0.717) is 0 Å². The Morgan fingerprint density at radius 3 is 2.69 bits per heavy atom. The summed E-state index contributed by atoms with van der Waals surface area (Å²) in [5.74, 6) is 2.04. The van der Waals surface area contributed by atoms with Crippen molar-refractivity contribution in [2.24, 2.45) is 11.8 Å². The summed E-state index contributed by atoms with van der Waals surface area (Å²) in [4.78, 5) is 0. The van der Waals surface area contributed by atoms with Crippen LogP contribution in [-0.4, -0.2) is 0 Å². The molecule has 0 heteroatoms. The van der Waals surface area contributed by atoms with E-state index in [2.05, 4.69) is 26.0 Å². The van der Waals surface area contributed by atoms with E-state index in [0.717, 1.165) is 11.8 Å². The first-order chi connectivity index (χ1) is 6.34. The molecule has 1 fully saturated rings. The molecular formula is C13H24. The van der Waals surface area contributed by atoms with Crippen LogP contribution in [0.3, 0.4) is 0 Å². The van der Waals surface area contributed by atoms with E-state index in [1.165, 1.54) is 44.9 Å². The molecular weight excluding hydrogens is 156 g/mol. The Morgan fingerprint density at radius 1 is 1.23 bits per heavy atom. The predicted octanol–water partition coefficient (Wildman–Crippen LogP) is 4.56. The van der Waals surface area contributed by atoms with Gasteiger partial charge in [-0.2, -0.15) is 0 Å². The van der Waals surface area contributed by atoms with Crippen LogP contribution in [0.15, 0.2) is 12.2 Å². The van der Waals surface area contributed by atoms with Gasteiger partial charge in [0.15, 0.2) is 0 Å². The van der Waals surface area contributed by atoms with Gasteiger partial charge in [0.1, 0.15) is 0 Å². The van der Waals surface area contributed by atoms with Crippen molar-refractivity contribution in [3.8, 4) is 0 Å². The molecule has 0 radical (unpaired) electrons. The van der Waals surface area contributed by atoms with E-state index in [9.17, 15) is 0 Å². The quantitative estimate of drug-likeness (QED) is 0.439. The minimum absolute atomic E-state index is 0.999. The summed E-state index contributed by atoms with van der Waals surface area (Å²) in [6.07, 6.45) is 14.6. The average molecular weight is 180 g/mol. The van der Waals surface area contributed by atoms with E-state index >= 15 is 0 Å². The van der Waals surface area contributed by atoms with Crippen molar-refractivity contribution in [1.82, 2.24) is 0 Å². The Labute approximate surface area is 83.4 Å². The Kier molecular flexibility index (Phi) is 5.19. The van der Waals surface area contributed by atoms with Crippen LogP contribution in [0.5, 0.6) is 0 Å². The van der Waals surface area contributed by atoms with Crippen molar-refractivity contribution in [2.45, 2.75) is 58.8 Å². The van der Waals surface area contributed by atoms with Crippen LogP contribution in [0.2, 0.25) is 0 Å². The zero-order valence-electron chi connectivity index (χ0n) is 9.26. The summed E-state index contributed by atoms with van der Waals surface area (Å²) in [5, 5.41) is 0. The molecule has 0 heterocycles. The molecule has 2 unspecified atom stereocenters. The minimum atomic E-state index is 0.999. The SMILES string of the molecule is C/C=C/CCCC1CCCCC1C. The predicted molar refractivity (Wildman–Crippen MR) is 59.8 cm³/mol. The van der Waals surface area contributed by atoms with E-state index in [1.807, 2.05) is 0 Å². The first-order valence-electron chi connectivity index (χ1n) is 5.95. The van der Waals surface area contributed by atoms with Crippen molar-refractivity contribution in [2.75, 3.05) is 0 Å². The third-order valence-corrected chi connectivity index (χ3v) is 3.47. The van der Waals surface area contributed by atoms with Gasteiger partial charge in [-0.1, -0.05) is 44.8 Å². The molecule has 0 amide bonds. The monoisotopic (exact) mass is 180 g/mol. The lowest BCUT2D eigenvalue weighted by Gasteiger charge is -2.28. The minimum Gasteiger partial charge on any atom is -0.0917 e. The van der Waals surface area contributed by atoms with Gasteiger partial charge in [0, 0.05) is 0 Å². The fraction of sp³-hybridized carbons (Fsp3) is 0.846. The first kappa shape index (κ1) is 10.8. The molecule has 0 aromatic carbocycles. The summed E-state index contributed by atoms with van der Waals surface area (Å²) in [5.41, 5.74) is 0. The fourth-order valence-corrected chi connectivity index (χ4v) is 2.49. The van der Waals surface area contributed by atoms with Gasteiger partial charge >= 0.3 is 0 Å². The molecule has 0 aromatic rings. The van der Waals surface area contributed by atoms with E-state index < -0.39 is 0 Å². The molecule has 0 bridgehead atoms. The molecule has 1 aliphatic rings. The normalized spacial score (nSPS) is 29.7. The van der Waals surface area contributed by atoms with E-state index in [1.54, 1.807) is 0 Å². The van der Waals surface area contributed by atoms with Crippen LogP contribution < -0.4 is 0 Å². The molecule has 76 valence electrons.